The Morgan fingerprint density at radius 2 is 2.16 bits per heavy atom. The van der Waals surface area contributed by atoms with Crippen LogP contribution in [0.4, 0.5) is 5.69 Å². The third kappa shape index (κ3) is 5.27. The van der Waals surface area contributed by atoms with Crippen molar-refractivity contribution in [3.05, 3.63) is 22.7 Å². The quantitative estimate of drug-likeness (QED) is 0.758. The van der Waals surface area contributed by atoms with Crippen LogP contribution >= 0.6 is 15.9 Å². The normalized spacial score (nSPS) is 11.3. The molecule has 0 spiro atoms. The van der Waals surface area contributed by atoms with Crippen LogP contribution in [-0.4, -0.2) is 27.5 Å². The van der Waals surface area contributed by atoms with E-state index >= 15 is 0 Å². The van der Waals surface area contributed by atoms with Crippen LogP contribution in [0.5, 0.6) is 0 Å². The van der Waals surface area contributed by atoms with Crippen molar-refractivity contribution in [2.45, 2.75) is 18.2 Å². The van der Waals surface area contributed by atoms with E-state index in [-0.39, 0.29) is 17.4 Å². The number of carbonyl (C=O) groups is 1. The molecule has 0 aliphatic rings. The number of nitrogens with one attached hydrogen (secondary N) is 1. The zero-order valence-electron chi connectivity index (χ0n) is 10.3. The summed E-state index contributed by atoms with van der Waals surface area (Å²) in [7, 11) is -3.76. The predicted molar refractivity (Wildman–Crippen MR) is 75.3 cm³/mol. The Kier molecular flexibility index (Phi) is 5.92. The summed E-state index contributed by atoms with van der Waals surface area (Å²) in [6, 6.07) is 4.11. The van der Waals surface area contributed by atoms with Crippen LogP contribution in [0.3, 0.4) is 0 Å². The minimum atomic E-state index is -3.76. The molecule has 0 aliphatic carbocycles. The van der Waals surface area contributed by atoms with Crippen molar-refractivity contribution in [2.75, 3.05) is 18.5 Å². The molecule has 0 saturated carbocycles. The fourth-order valence-electron chi connectivity index (χ4n) is 1.27. The van der Waals surface area contributed by atoms with Gasteiger partial charge in [0.25, 0.3) is 0 Å². The number of ether oxygens (including phenoxy) is 1. The van der Waals surface area contributed by atoms with Gasteiger partial charge in [-0.1, -0.05) is 6.92 Å². The molecule has 0 bridgehead atoms. The maximum absolute atomic E-state index is 11.5. The molecule has 0 fully saturated rings. The van der Waals surface area contributed by atoms with Crippen LogP contribution in [0.2, 0.25) is 0 Å². The molecule has 106 valence electrons. The fraction of sp³-hybridized carbons (Fsp3) is 0.364. The van der Waals surface area contributed by atoms with Crippen LogP contribution in [0.1, 0.15) is 13.3 Å². The van der Waals surface area contributed by atoms with Gasteiger partial charge >= 0.3 is 0 Å². The van der Waals surface area contributed by atoms with Crippen molar-refractivity contribution < 1.29 is 17.9 Å². The van der Waals surface area contributed by atoms with Crippen LogP contribution in [-0.2, 0) is 19.6 Å². The number of primary sulfonamides is 1. The van der Waals surface area contributed by atoms with Gasteiger partial charge in [-0.3, -0.25) is 4.79 Å². The lowest BCUT2D eigenvalue weighted by Crippen LogP contribution is -2.19. The SMILES string of the molecule is CCCOCC(=O)Nc1ccc(S(N)(=O)=O)cc1Br. The molecule has 0 radical (unpaired) electrons. The molecule has 0 atom stereocenters. The summed E-state index contributed by atoms with van der Waals surface area (Å²) >= 11 is 3.17. The number of carbonyl (C=O) groups excluding carboxylic acids is 1. The molecule has 0 aliphatic heterocycles. The van der Waals surface area contributed by atoms with Gasteiger partial charge in [-0.25, -0.2) is 13.6 Å². The Morgan fingerprint density at radius 3 is 2.68 bits per heavy atom. The highest BCUT2D eigenvalue weighted by molar-refractivity contribution is 9.10. The van der Waals surface area contributed by atoms with Crippen LogP contribution in [0, 0.1) is 0 Å². The maximum Gasteiger partial charge on any atom is 0.250 e. The number of anilines is 1. The third-order valence-corrected chi connectivity index (χ3v) is 3.69. The second-order valence-electron chi connectivity index (χ2n) is 3.79. The van der Waals surface area contributed by atoms with Gasteiger partial charge in [0.15, 0.2) is 0 Å². The van der Waals surface area contributed by atoms with Crippen LogP contribution < -0.4 is 10.5 Å². The van der Waals surface area contributed by atoms with Crippen molar-refractivity contribution in [3.63, 3.8) is 0 Å². The molecule has 6 nitrogen and oxygen atoms in total. The molecule has 1 amide bonds. The highest BCUT2D eigenvalue weighted by atomic mass is 79.9. The first-order valence-corrected chi connectivity index (χ1v) is 7.88. The highest BCUT2D eigenvalue weighted by Gasteiger charge is 2.11. The summed E-state index contributed by atoms with van der Waals surface area (Å²) in [4.78, 5) is 11.5. The lowest BCUT2D eigenvalue weighted by molar-refractivity contribution is -0.120. The second-order valence-corrected chi connectivity index (χ2v) is 6.20. The minimum absolute atomic E-state index is 0.0281. The zero-order chi connectivity index (χ0) is 14.5. The molecule has 0 aromatic heterocycles. The first kappa shape index (κ1) is 16.1. The highest BCUT2D eigenvalue weighted by Crippen LogP contribution is 2.25. The van der Waals surface area contributed by atoms with Gasteiger partial charge in [-0.15, -0.1) is 0 Å². The number of rotatable bonds is 6. The first-order valence-electron chi connectivity index (χ1n) is 5.54. The lowest BCUT2D eigenvalue weighted by Gasteiger charge is -2.08. The summed E-state index contributed by atoms with van der Waals surface area (Å²) in [6.07, 6.45) is 0.833. The summed E-state index contributed by atoms with van der Waals surface area (Å²) in [5.74, 6) is -0.308. The number of hydrogen-bond acceptors (Lipinski definition) is 4. The number of amides is 1. The van der Waals surface area contributed by atoms with E-state index in [9.17, 15) is 13.2 Å². The number of nitrogens with two attached hydrogens (primary N) is 1. The second kappa shape index (κ2) is 6.99. The minimum Gasteiger partial charge on any atom is -0.372 e. The van der Waals surface area contributed by atoms with Crippen molar-refractivity contribution in [3.8, 4) is 0 Å². The Morgan fingerprint density at radius 1 is 1.47 bits per heavy atom. The largest absolute Gasteiger partial charge is 0.372 e. The standard InChI is InChI=1S/C11H15BrN2O4S/c1-2-5-18-7-11(15)14-10-4-3-8(6-9(10)12)19(13,16)17/h3-4,6H,2,5,7H2,1H3,(H,14,15)(H2,13,16,17). The van der Waals surface area contributed by atoms with E-state index in [1.54, 1.807) is 0 Å². The average molecular weight is 351 g/mol. The molecule has 1 rings (SSSR count). The fourth-order valence-corrected chi connectivity index (χ4v) is 2.44. The number of benzene rings is 1. The summed E-state index contributed by atoms with van der Waals surface area (Å²) < 4.78 is 27.8. The van der Waals surface area contributed by atoms with E-state index in [1.807, 2.05) is 6.92 Å². The molecule has 19 heavy (non-hydrogen) atoms. The Balaban J connectivity index is 2.73. The van der Waals surface area contributed by atoms with Gasteiger partial charge in [0.2, 0.25) is 15.9 Å². The van der Waals surface area contributed by atoms with Gasteiger partial charge in [0.1, 0.15) is 6.61 Å². The maximum atomic E-state index is 11.5. The average Bonchev–Trinajstić information content (AvgIpc) is 2.31. The first-order chi connectivity index (χ1) is 8.84. The van der Waals surface area contributed by atoms with Gasteiger partial charge < -0.3 is 10.1 Å². The molecular formula is C11H15BrN2O4S. The summed E-state index contributed by atoms with van der Waals surface area (Å²) in [5, 5.41) is 7.60. The molecule has 3 N–H and O–H groups in total. The predicted octanol–water partition coefficient (Wildman–Crippen LogP) is 1.46. The van der Waals surface area contributed by atoms with Crippen molar-refractivity contribution >= 4 is 37.5 Å². The van der Waals surface area contributed by atoms with Crippen molar-refractivity contribution in [2.24, 2.45) is 5.14 Å². The molecule has 1 aromatic carbocycles. The van der Waals surface area contributed by atoms with Gasteiger partial charge in [-0.05, 0) is 40.5 Å². The molecule has 1 aromatic rings. The number of hydrogen-bond donors (Lipinski definition) is 2. The molecule has 0 heterocycles. The van der Waals surface area contributed by atoms with E-state index < -0.39 is 10.0 Å². The van der Waals surface area contributed by atoms with E-state index in [2.05, 4.69) is 21.2 Å². The number of halogens is 1. The monoisotopic (exact) mass is 350 g/mol. The van der Waals surface area contributed by atoms with Crippen LogP contribution in [0.25, 0.3) is 0 Å². The Labute approximate surface area is 120 Å². The third-order valence-electron chi connectivity index (χ3n) is 2.12. The van der Waals surface area contributed by atoms with Crippen molar-refractivity contribution in [1.29, 1.82) is 0 Å². The van der Waals surface area contributed by atoms with Gasteiger partial charge in [0, 0.05) is 11.1 Å². The number of sulfonamides is 1. The summed E-state index contributed by atoms with van der Waals surface area (Å²) in [5.41, 5.74) is 0.456. The van der Waals surface area contributed by atoms with E-state index in [0.717, 1.165) is 6.42 Å². The molecular weight excluding hydrogens is 336 g/mol. The van der Waals surface area contributed by atoms with Crippen LogP contribution in [0.15, 0.2) is 27.6 Å². The Hall–Kier alpha value is -0.960. The smallest absolute Gasteiger partial charge is 0.250 e. The summed E-state index contributed by atoms with van der Waals surface area (Å²) in [6.45, 7) is 2.41. The lowest BCUT2D eigenvalue weighted by atomic mass is 10.3. The topological polar surface area (TPSA) is 98.5 Å². The van der Waals surface area contributed by atoms with E-state index in [4.69, 9.17) is 9.88 Å². The molecule has 8 heteroatoms. The Bertz CT molecular complexity index is 560. The molecule has 0 unspecified atom stereocenters. The zero-order valence-corrected chi connectivity index (χ0v) is 12.8. The van der Waals surface area contributed by atoms with Crippen molar-refractivity contribution in [1.82, 2.24) is 0 Å². The van der Waals surface area contributed by atoms with Gasteiger partial charge in [-0.2, -0.15) is 0 Å². The van der Waals surface area contributed by atoms with E-state index in [1.165, 1.54) is 18.2 Å². The molecule has 0 saturated heterocycles. The van der Waals surface area contributed by atoms with E-state index in [0.29, 0.717) is 16.8 Å². The van der Waals surface area contributed by atoms with Gasteiger partial charge in [0.05, 0.1) is 10.6 Å².